The summed E-state index contributed by atoms with van der Waals surface area (Å²) in [4.78, 5) is 16.3. The first-order valence-corrected chi connectivity index (χ1v) is 9.96. The fourth-order valence-corrected chi connectivity index (χ4v) is 3.38. The Labute approximate surface area is 195 Å². The molecule has 6 nitrogen and oxygen atoms in total. The van der Waals surface area contributed by atoms with Crippen molar-refractivity contribution in [3.8, 4) is 5.75 Å². The van der Waals surface area contributed by atoms with E-state index in [1.165, 1.54) is 0 Å². The second kappa shape index (κ2) is 10.7. The highest BCUT2D eigenvalue weighted by molar-refractivity contribution is 14.0. The molecule has 1 atom stereocenters. The van der Waals surface area contributed by atoms with Gasteiger partial charge in [-0.2, -0.15) is 0 Å². The van der Waals surface area contributed by atoms with E-state index in [4.69, 9.17) is 4.74 Å². The van der Waals surface area contributed by atoms with Crippen molar-refractivity contribution in [2.45, 2.75) is 45.3 Å². The van der Waals surface area contributed by atoms with E-state index in [1.807, 2.05) is 63.2 Å². The molecule has 0 aliphatic carbocycles. The molecule has 0 radical (unpaired) electrons. The van der Waals surface area contributed by atoms with Gasteiger partial charge in [-0.25, -0.2) is 0 Å². The molecule has 30 heavy (non-hydrogen) atoms. The SMILES string of the molecule is CN=C(NCc1ccccc1OC(C)(C)C)NCC1CC(=O)Nc2ccccc21.I. The average Bonchev–Trinajstić information content (AvgIpc) is 2.67. The lowest BCUT2D eigenvalue weighted by Gasteiger charge is -2.26. The Balaban J connectivity index is 0.00000320. The molecule has 1 aliphatic rings. The number of hydrogen-bond donors (Lipinski definition) is 3. The van der Waals surface area contributed by atoms with Crippen LogP contribution in [-0.4, -0.2) is 31.1 Å². The second-order valence-corrected chi connectivity index (χ2v) is 8.17. The maximum Gasteiger partial charge on any atom is 0.225 e. The Morgan fingerprint density at radius 3 is 2.57 bits per heavy atom. The summed E-state index contributed by atoms with van der Waals surface area (Å²) < 4.78 is 6.06. The molecule has 3 rings (SSSR count). The van der Waals surface area contributed by atoms with Gasteiger partial charge in [0.05, 0.1) is 0 Å². The summed E-state index contributed by atoms with van der Waals surface area (Å²) in [6, 6.07) is 16.0. The van der Waals surface area contributed by atoms with Crippen molar-refractivity contribution >= 4 is 41.5 Å². The van der Waals surface area contributed by atoms with Crippen LogP contribution in [0.1, 0.15) is 44.2 Å². The molecule has 1 heterocycles. The monoisotopic (exact) mass is 522 g/mol. The molecule has 2 aromatic rings. The molecule has 0 spiro atoms. The van der Waals surface area contributed by atoms with Crippen LogP contribution >= 0.6 is 24.0 Å². The van der Waals surface area contributed by atoms with Crippen LogP contribution in [0, 0.1) is 0 Å². The van der Waals surface area contributed by atoms with Crippen LogP contribution in [0.4, 0.5) is 5.69 Å². The van der Waals surface area contributed by atoms with Crippen molar-refractivity contribution in [3.63, 3.8) is 0 Å². The van der Waals surface area contributed by atoms with Gasteiger partial charge in [0.15, 0.2) is 5.96 Å². The first-order chi connectivity index (χ1) is 13.9. The van der Waals surface area contributed by atoms with Crippen LogP contribution in [0.15, 0.2) is 53.5 Å². The van der Waals surface area contributed by atoms with E-state index in [2.05, 4.69) is 27.0 Å². The van der Waals surface area contributed by atoms with E-state index in [0.717, 1.165) is 22.6 Å². The van der Waals surface area contributed by atoms with Gasteiger partial charge in [0.1, 0.15) is 11.4 Å². The highest BCUT2D eigenvalue weighted by Gasteiger charge is 2.24. The topological polar surface area (TPSA) is 74.8 Å². The van der Waals surface area contributed by atoms with Crippen molar-refractivity contribution in [1.82, 2.24) is 10.6 Å². The van der Waals surface area contributed by atoms with E-state index in [1.54, 1.807) is 7.05 Å². The number of nitrogens with one attached hydrogen (secondary N) is 3. The lowest BCUT2D eigenvalue weighted by molar-refractivity contribution is -0.116. The number of carbonyl (C=O) groups is 1. The first kappa shape index (κ1) is 24.0. The Kier molecular flexibility index (Phi) is 8.52. The Morgan fingerprint density at radius 1 is 1.13 bits per heavy atom. The van der Waals surface area contributed by atoms with Crippen LogP contribution in [0.3, 0.4) is 0 Å². The van der Waals surface area contributed by atoms with Gasteiger partial charge in [-0.3, -0.25) is 9.79 Å². The number of nitrogens with zero attached hydrogens (tertiary/aromatic N) is 1. The molecule has 162 valence electrons. The number of carbonyl (C=O) groups excluding carboxylic acids is 1. The fourth-order valence-electron chi connectivity index (χ4n) is 3.38. The highest BCUT2D eigenvalue weighted by Crippen LogP contribution is 2.31. The number of rotatable bonds is 5. The van der Waals surface area contributed by atoms with Gasteiger partial charge in [-0.05, 0) is 38.5 Å². The quantitative estimate of drug-likeness (QED) is 0.312. The number of aliphatic imine (C=N–C) groups is 1. The molecule has 7 heteroatoms. The van der Waals surface area contributed by atoms with Crippen LogP contribution in [0.2, 0.25) is 0 Å². The third kappa shape index (κ3) is 6.62. The van der Waals surface area contributed by atoms with Crippen molar-refractivity contribution in [2.24, 2.45) is 4.99 Å². The fraction of sp³-hybridized carbons (Fsp3) is 0.391. The summed E-state index contributed by atoms with van der Waals surface area (Å²) in [5, 5.41) is 9.64. The van der Waals surface area contributed by atoms with Crippen molar-refractivity contribution in [2.75, 3.05) is 18.9 Å². The lowest BCUT2D eigenvalue weighted by Crippen LogP contribution is -2.40. The predicted octanol–water partition coefficient (Wildman–Crippen LogP) is 4.27. The van der Waals surface area contributed by atoms with Gasteiger partial charge in [0.25, 0.3) is 0 Å². The minimum Gasteiger partial charge on any atom is -0.488 e. The van der Waals surface area contributed by atoms with Gasteiger partial charge in [-0.1, -0.05) is 36.4 Å². The molecule has 1 amide bonds. The number of fused-ring (bicyclic) bond motifs is 1. The van der Waals surface area contributed by atoms with Crippen molar-refractivity contribution in [1.29, 1.82) is 0 Å². The number of amides is 1. The van der Waals surface area contributed by atoms with Crippen LogP contribution in [0.5, 0.6) is 5.75 Å². The Bertz CT molecular complexity index is 893. The van der Waals surface area contributed by atoms with E-state index >= 15 is 0 Å². The molecule has 0 aromatic heterocycles. The normalized spacial score (nSPS) is 16.1. The van der Waals surface area contributed by atoms with Gasteiger partial charge >= 0.3 is 0 Å². The number of hydrogen-bond acceptors (Lipinski definition) is 3. The average molecular weight is 522 g/mol. The third-order valence-electron chi connectivity index (χ3n) is 4.68. The zero-order valence-electron chi connectivity index (χ0n) is 18.0. The number of anilines is 1. The molecular weight excluding hydrogens is 491 g/mol. The molecule has 0 fully saturated rings. The summed E-state index contributed by atoms with van der Waals surface area (Å²) in [5.41, 5.74) is 2.85. The maximum atomic E-state index is 12.0. The van der Waals surface area contributed by atoms with E-state index in [0.29, 0.717) is 25.5 Å². The maximum absolute atomic E-state index is 12.0. The molecule has 1 unspecified atom stereocenters. The summed E-state index contributed by atoms with van der Waals surface area (Å²) in [5.74, 6) is 1.71. The van der Waals surface area contributed by atoms with E-state index in [-0.39, 0.29) is 41.4 Å². The third-order valence-corrected chi connectivity index (χ3v) is 4.68. The molecule has 0 saturated carbocycles. The number of para-hydroxylation sites is 2. The molecule has 0 saturated heterocycles. The Hall–Kier alpha value is -2.29. The van der Waals surface area contributed by atoms with E-state index in [9.17, 15) is 4.79 Å². The van der Waals surface area contributed by atoms with Gasteiger partial charge in [0, 0.05) is 43.7 Å². The van der Waals surface area contributed by atoms with Gasteiger partial charge in [0.2, 0.25) is 5.91 Å². The number of ether oxygens (including phenoxy) is 1. The number of benzene rings is 2. The van der Waals surface area contributed by atoms with Crippen molar-refractivity contribution in [3.05, 3.63) is 59.7 Å². The standard InChI is InChI=1S/C23H30N4O2.HI/c1-23(2,3)29-20-12-8-5-9-16(20)14-25-22(24-4)26-15-17-13-21(28)27-19-11-7-6-10-18(17)19;/h5-12,17H,13-15H2,1-4H3,(H,27,28)(H2,24,25,26);1H. The second-order valence-electron chi connectivity index (χ2n) is 8.17. The zero-order valence-corrected chi connectivity index (χ0v) is 20.3. The van der Waals surface area contributed by atoms with Crippen LogP contribution in [-0.2, 0) is 11.3 Å². The van der Waals surface area contributed by atoms with Crippen LogP contribution < -0.4 is 20.7 Å². The summed E-state index contributed by atoms with van der Waals surface area (Å²) in [7, 11) is 1.74. The summed E-state index contributed by atoms with van der Waals surface area (Å²) in [6.07, 6.45) is 0.462. The predicted molar refractivity (Wildman–Crippen MR) is 133 cm³/mol. The molecule has 1 aliphatic heterocycles. The molecular formula is C23H31IN4O2. The number of guanidine groups is 1. The van der Waals surface area contributed by atoms with Gasteiger partial charge in [-0.15, -0.1) is 24.0 Å². The lowest BCUT2D eigenvalue weighted by atomic mass is 9.90. The van der Waals surface area contributed by atoms with E-state index < -0.39 is 0 Å². The zero-order chi connectivity index (χ0) is 20.9. The summed E-state index contributed by atoms with van der Waals surface area (Å²) >= 11 is 0. The first-order valence-electron chi connectivity index (χ1n) is 9.96. The minimum atomic E-state index is -0.259. The van der Waals surface area contributed by atoms with Crippen molar-refractivity contribution < 1.29 is 9.53 Å². The Morgan fingerprint density at radius 2 is 1.83 bits per heavy atom. The van der Waals surface area contributed by atoms with Gasteiger partial charge < -0.3 is 20.7 Å². The smallest absolute Gasteiger partial charge is 0.225 e. The highest BCUT2D eigenvalue weighted by atomic mass is 127. The molecule has 2 aromatic carbocycles. The minimum absolute atomic E-state index is 0. The summed E-state index contributed by atoms with van der Waals surface area (Å²) in [6.45, 7) is 7.33. The molecule has 0 bridgehead atoms. The molecule has 3 N–H and O–H groups in total. The number of halogens is 1. The largest absolute Gasteiger partial charge is 0.488 e. The van der Waals surface area contributed by atoms with Crippen LogP contribution in [0.25, 0.3) is 0 Å².